The van der Waals surface area contributed by atoms with Gasteiger partial charge in [0.25, 0.3) is 0 Å². The Hall–Kier alpha value is -1.69. The van der Waals surface area contributed by atoms with Crippen molar-refractivity contribution in [3.05, 3.63) is 16.3 Å². The number of aryl methyl sites for hydroxylation is 2. The number of hydrogen-bond acceptors (Lipinski definition) is 6. The summed E-state index contributed by atoms with van der Waals surface area (Å²) in [6, 6.07) is -0.781. The zero-order valence-corrected chi connectivity index (χ0v) is 13.2. The largest absolute Gasteiger partial charge is 0.548 e. The first-order chi connectivity index (χ1) is 9.97. The van der Waals surface area contributed by atoms with Gasteiger partial charge in [-0.2, -0.15) is 0 Å². The molecule has 3 rings (SSSR count). The Labute approximate surface area is 127 Å². The molecule has 2 atom stereocenters. The highest BCUT2D eigenvalue weighted by Crippen LogP contribution is 2.43. The lowest BCUT2D eigenvalue weighted by Gasteiger charge is -2.21. The molecule has 1 aliphatic rings. The first-order valence-corrected chi connectivity index (χ1v) is 8.06. The Morgan fingerprint density at radius 3 is 2.95 bits per heavy atom. The SMILES string of the molecule is Cc1nc(N[C@H](C)C(=O)[O-])c2c3c(sc2n1)CCC[C@H]3C. The molecule has 112 valence electrons. The van der Waals surface area contributed by atoms with Gasteiger partial charge in [0, 0.05) is 4.88 Å². The summed E-state index contributed by atoms with van der Waals surface area (Å²) in [6.45, 7) is 5.62. The molecule has 0 radical (unpaired) electrons. The van der Waals surface area contributed by atoms with Gasteiger partial charge < -0.3 is 15.2 Å². The molecule has 5 nitrogen and oxygen atoms in total. The van der Waals surface area contributed by atoms with Crippen LogP contribution in [0.1, 0.15) is 48.9 Å². The van der Waals surface area contributed by atoms with Crippen LogP contribution in [0.5, 0.6) is 0 Å². The van der Waals surface area contributed by atoms with Crippen LogP contribution in [0.15, 0.2) is 0 Å². The maximum atomic E-state index is 11.0. The van der Waals surface area contributed by atoms with E-state index >= 15 is 0 Å². The van der Waals surface area contributed by atoms with Gasteiger partial charge in [0.2, 0.25) is 0 Å². The predicted octanol–water partition coefficient (Wildman–Crippen LogP) is 1.99. The number of carbonyl (C=O) groups excluding carboxylic acids is 1. The highest BCUT2D eigenvalue weighted by molar-refractivity contribution is 7.19. The number of thiophene rings is 1. The first kappa shape index (κ1) is 14.3. The van der Waals surface area contributed by atoms with Crippen molar-refractivity contribution in [1.82, 2.24) is 9.97 Å². The number of rotatable bonds is 3. The Morgan fingerprint density at radius 2 is 2.24 bits per heavy atom. The second-order valence-electron chi connectivity index (χ2n) is 5.72. The summed E-state index contributed by atoms with van der Waals surface area (Å²) < 4.78 is 0. The van der Waals surface area contributed by atoms with Crippen molar-refractivity contribution < 1.29 is 9.90 Å². The third kappa shape index (κ3) is 2.48. The van der Waals surface area contributed by atoms with Crippen molar-refractivity contribution in [3.8, 4) is 0 Å². The monoisotopic (exact) mass is 304 g/mol. The lowest BCUT2D eigenvalue weighted by molar-refractivity contribution is -0.306. The Morgan fingerprint density at radius 1 is 1.48 bits per heavy atom. The summed E-state index contributed by atoms with van der Waals surface area (Å²) in [7, 11) is 0. The fraction of sp³-hybridized carbons (Fsp3) is 0.533. The number of fused-ring (bicyclic) bond motifs is 3. The standard InChI is InChI=1S/C15H19N3O2S/c1-7-5-4-6-10-11(7)12-13(16-8(2)15(19)20)17-9(3)18-14(12)21-10/h7-8H,4-6H2,1-3H3,(H,19,20)(H,16,17,18)/p-1/t7-,8-/m1/s1. The van der Waals surface area contributed by atoms with Crippen LogP contribution in [0.2, 0.25) is 0 Å². The summed E-state index contributed by atoms with van der Waals surface area (Å²) >= 11 is 1.71. The van der Waals surface area contributed by atoms with E-state index in [-0.39, 0.29) is 0 Å². The van der Waals surface area contributed by atoms with E-state index in [4.69, 9.17) is 0 Å². The summed E-state index contributed by atoms with van der Waals surface area (Å²) in [5, 5.41) is 15.0. The Kier molecular flexibility index (Phi) is 3.57. The van der Waals surface area contributed by atoms with Gasteiger partial charge in [-0.05, 0) is 44.6 Å². The van der Waals surface area contributed by atoms with Crippen LogP contribution >= 0.6 is 11.3 Å². The maximum Gasteiger partial charge on any atom is 0.139 e. The van der Waals surface area contributed by atoms with Crippen LogP contribution in [0.25, 0.3) is 10.2 Å². The fourth-order valence-corrected chi connectivity index (χ4v) is 4.34. The minimum atomic E-state index is -1.13. The molecule has 0 saturated heterocycles. The molecule has 0 bridgehead atoms. The summed E-state index contributed by atoms with van der Waals surface area (Å²) in [5.41, 5.74) is 1.30. The number of carbonyl (C=O) groups is 1. The average Bonchev–Trinajstić information content (AvgIpc) is 2.77. The summed E-state index contributed by atoms with van der Waals surface area (Å²) in [6.07, 6.45) is 3.43. The minimum absolute atomic E-state index is 0.465. The lowest BCUT2D eigenvalue weighted by Crippen LogP contribution is -2.38. The molecule has 0 spiro atoms. The molecule has 2 heterocycles. The van der Waals surface area contributed by atoms with Crippen molar-refractivity contribution in [2.75, 3.05) is 5.32 Å². The number of carboxylic acids is 1. The van der Waals surface area contributed by atoms with E-state index < -0.39 is 12.0 Å². The maximum absolute atomic E-state index is 11.0. The van der Waals surface area contributed by atoms with Gasteiger partial charge in [-0.1, -0.05) is 6.92 Å². The zero-order chi connectivity index (χ0) is 15.1. The van der Waals surface area contributed by atoms with Gasteiger partial charge in [-0.15, -0.1) is 11.3 Å². The summed E-state index contributed by atoms with van der Waals surface area (Å²) in [4.78, 5) is 22.3. The normalized spacial score (nSPS) is 19.3. The molecule has 0 unspecified atom stereocenters. The number of anilines is 1. The van der Waals surface area contributed by atoms with Crippen molar-refractivity contribution in [3.63, 3.8) is 0 Å². The van der Waals surface area contributed by atoms with Crippen LogP contribution in [0, 0.1) is 6.92 Å². The van der Waals surface area contributed by atoms with Gasteiger partial charge in [0.15, 0.2) is 0 Å². The van der Waals surface area contributed by atoms with Crippen LogP contribution in [0.4, 0.5) is 5.82 Å². The van der Waals surface area contributed by atoms with Gasteiger partial charge in [-0.25, -0.2) is 9.97 Å². The van der Waals surface area contributed by atoms with Gasteiger partial charge >= 0.3 is 0 Å². The van der Waals surface area contributed by atoms with E-state index in [1.54, 1.807) is 18.3 Å². The second kappa shape index (κ2) is 5.26. The molecule has 0 fully saturated rings. The topological polar surface area (TPSA) is 77.9 Å². The van der Waals surface area contributed by atoms with Crippen molar-refractivity contribution in [2.24, 2.45) is 0 Å². The van der Waals surface area contributed by atoms with Crippen molar-refractivity contribution in [2.45, 2.75) is 52.0 Å². The molecular formula is C15H18N3O2S-. The predicted molar refractivity (Wildman–Crippen MR) is 81.6 cm³/mol. The van der Waals surface area contributed by atoms with Crippen LogP contribution < -0.4 is 10.4 Å². The molecule has 0 aliphatic heterocycles. The molecule has 6 heteroatoms. The molecule has 1 aliphatic carbocycles. The van der Waals surface area contributed by atoms with E-state index in [2.05, 4.69) is 22.2 Å². The number of nitrogens with one attached hydrogen (secondary N) is 1. The van der Waals surface area contributed by atoms with Gasteiger partial charge in [-0.3, -0.25) is 0 Å². The van der Waals surface area contributed by atoms with E-state index in [1.165, 1.54) is 16.9 Å². The average molecular weight is 304 g/mol. The molecule has 0 aromatic carbocycles. The van der Waals surface area contributed by atoms with Crippen molar-refractivity contribution >= 4 is 33.3 Å². The molecular weight excluding hydrogens is 286 g/mol. The molecule has 21 heavy (non-hydrogen) atoms. The van der Waals surface area contributed by atoms with Crippen LogP contribution in [-0.4, -0.2) is 22.0 Å². The van der Waals surface area contributed by atoms with Crippen LogP contribution in [-0.2, 0) is 11.2 Å². The minimum Gasteiger partial charge on any atom is -0.548 e. The lowest BCUT2D eigenvalue weighted by atomic mass is 9.87. The van der Waals surface area contributed by atoms with Gasteiger partial charge in [0.1, 0.15) is 16.5 Å². The van der Waals surface area contributed by atoms with E-state index in [0.717, 1.165) is 23.1 Å². The fourth-order valence-electron chi connectivity index (χ4n) is 2.96. The second-order valence-corrected chi connectivity index (χ2v) is 6.80. The quantitative estimate of drug-likeness (QED) is 0.938. The first-order valence-electron chi connectivity index (χ1n) is 7.24. The number of aromatic nitrogens is 2. The third-order valence-corrected chi connectivity index (χ3v) is 5.18. The third-order valence-electron chi connectivity index (χ3n) is 4.02. The molecule has 1 N–H and O–H groups in total. The zero-order valence-electron chi connectivity index (χ0n) is 12.4. The number of nitrogens with zero attached hydrogens (tertiary/aromatic N) is 2. The number of aliphatic carboxylic acids is 1. The summed E-state index contributed by atoms with van der Waals surface area (Å²) in [5.74, 6) is 0.617. The van der Waals surface area contributed by atoms with Crippen LogP contribution in [0.3, 0.4) is 0 Å². The van der Waals surface area contributed by atoms with Gasteiger partial charge in [0.05, 0.1) is 17.4 Å². The molecule has 2 aromatic rings. The van der Waals surface area contributed by atoms with E-state index in [1.807, 2.05) is 6.92 Å². The van der Waals surface area contributed by atoms with E-state index in [9.17, 15) is 9.90 Å². The van der Waals surface area contributed by atoms with E-state index in [0.29, 0.717) is 17.6 Å². The number of carboxylic acid groups (broad SMARTS) is 1. The molecule has 0 amide bonds. The Balaban J connectivity index is 2.18. The highest BCUT2D eigenvalue weighted by atomic mass is 32.1. The molecule has 0 saturated carbocycles. The Bertz CT molecular complexity index is 710. The smallest absolute Gasteiger partial charge is 0.139 e. The molecule has 2 aromatic heterocycles. The highest BCUT2D eigenvalue weighted by Gasteiger charge is 2.25. The number of hydrogen-bond donors (Lipinski definition) is 1. The van der Waals surface area contributed by atoms with Crippen molar-refractivity contribution in [1.29, 1.82) is 0 Å².